The summed E-state index contributed by atoms with van der Waals surface area (Å²) in [6.07, 6.45) is 0.647. The van der Waals surface area contributed by atoms with Crippen molar-refractivity contribution in [3.05, 3.63) is 42.0 Å². The highest BCUT2D eigenvalue weighted by Crippen LogP contribution is 2.31. The van der Waals surface area contributed by atoms with Crippen molar-refractivity contribution in [1.82, 2.24) is 15.5 Å². The summed E-state index contributed by atoms with van der Waals surface area (Å²) in [5.41, 5.74) is 4.48. The van der Waals surface area contributed by atoms with Gasteiger partial charge in [-0.15, -0.1) is 0 Å². The first kappa shape index (κ1) is 31.7. The Balaban J connectivity index is 3.66. The van der Waals surface area contributed by atoms with Crippen LogP contribution in [0.3, 0.4) is 0 Å². The highest BCUT2D eigenvalue weighted by atomic mass is 16.6. The quantitative estimate of drug-likeness (QED) is 0.455. The molecule has 0 fully saturated rings. The lowest BCUT2D eigenvalue weighted by atomic mass is 9.93. The highest BCUT2D eigenvalue weighted by molar-refractivity contribution is 5.93. The zero-order chi connectivity index (χ0) is 28.8. The Morgan fingerprint density at radius 2 is 1.65 bits per heavy atom. The van der Waals surface area contributed by atoms with Crippen LogP contribution in [0.2, 0.25) is 0 Å². The fraction of sp³-hybridized carbons (Fsp3) is 0.571. The Morgan fingerprint density at radius 3 is 2.11 bits per heavy atom. The van der Waals surface area contributed by atoms with E-state index in [1.165, 1.54) is 4.90 Å². The number of nitrogens with zero attached hydrogens (tertiary/aromatic N) is 1. The third kappa shape index (κ3) is 10.7. The van der Waals surface area contributed by atoms with Crippen LogP contribution in [0.15, 0.2) is 30.8 Å². The number of hydrogen-bond donors (Lipinski definition) is 3. The van der Waals surface area contributed by atoms with Crippen LogP contribution in [0.5, 0.6) is 0 Å². The summed E-state index contributed by atoms with van der Waals surface area (Å²) in [5, 5.41) is 5.57. The van der Waals surface area contributed by atoms with Crippen molar-refractivity contribution in [2.45, 2.75) is 104 Å². The van der Waals surface area contributed by atoms with E-state index >= 15 is 0 Å². The second-order valence-electron chi connectivity index (χ2n) is 12.1. The first-order chi connectivity index (χ1) is 16.7. The maximum absolute atomic E-state index is 14.1. The number of ether oxygens (including phenoxy) is 1. The van der Waals surface area contributed by atoms with Crippen LogP contribution < -0.4 is 16.4 Å². The number of primary amides is 1. The van der Waals surface area contributed by atoms with Gasteiger partial charge in [-0.1, -0.05) is 30.9 Å². The number of carbonyl (C=O) groups excluding carboxylic acids is 4. The van der Waals surface area contributed by atoms with E-state index < -0.39 is 46.7 Å². The van der Waals surface area contributed by atoms with Crippen LogP contribution >= 0.6 is 0 Å². The van der Waals surface area contributed by atoms with Crippen molar-refractivity contribution in [3.63, 3.8) is 0 Å². The predicted molar refractivity (Wildman–Crippen MR) is 145 cm³/mol. The number of nitrogens with one attached hydrogen (secondary N) is 2. The first-order valence-corrected chi connectivity index (χ1v) is 12.4. The van der Waals surface area contributed by atoms with Crippen molar-refractivity contribution in [1.29, 1.82) is 0 Å². The lowest BCUT2D eigenvalue weighted by molar-refractivity contribution is -0.149. The zero-order valence-corrected chi connectivity index (χ0v) is 23.7. The third-order valence-electron chi connectivity index (χ3n) is 5.10. The van der Waals surface area contributed by atoms with Crippen LogP contribution in [0, 0.1) is 0 Å². The lowest BCUT2D eigenvalue weighted by Gasteiger charge is -2.43. The molecule has 1 aromatic carbocycles. The average molecular weight is 517 g/mol. The fourth-order valence-corrected chi connectivity index (χ4v) is 3.72. The van der Waals surface area contributed by atoms with E-state index in [4.69, 9.17) is 10.5 Å². The molecule has 4 amide bonds. The zero-order valence-electron chi connectivity index (χ0n) is 23.7. The van der Waals surface area contributed by atoms with E-state index in [9.17, 15) is 19.2 Å². The molecule has 0 aliphatic heterocycles. The monoisotopic (exact) mass is 516 g/mol. The van der Waals surface area contributed by atoms with Crippen molar-refractivity contribution >= 4 is 29.9 Å². The summed E-state index contributed by atoms with van der Waals surface area (Å²) in [6, 6.07) is 5.01. The SMILES string of the molecule is C=Cc1cccc(C(C(=O)NC(C)(C)C)N(C(=O)C(CCC(N)=O)NC(=O)OC(C)(C)C)C(C)(C)C)c1. The van der Waals surface area contributed by atoms with Gasteiger partial charge >= 0.3 is 6.09 Å². The molecule has 0 saturated heterocycles. The Labute approximate surface area is 221 Å². The molecule has 2 atom stereocenters. The molecular formula is C28H44N4O5. The highest BCUT2D eigenvalue weighted by Gasteiger charge is 2.42. The molecule has 1 rings (SSSR count). The molecule has 1 aromatic rings. The molecule has 37 heavy (non-hydrogen) atoms. The van der Waals surface area contributed by atoms with Gasteiger partial charge in [0.25, 0.3) is 0 Å². The maximum Gasteiger partial charge on any atom is 0.408 e. The summed E-state index contributed by atoms with van der Waals surface area (Å²) in [6.45, 7) is 19.9. The first-order valence-electron chi connectivity index (χ1n) is 12.4. The van der Waals surface area contributed by atoms with E-state index in [2.05, 4.69) is 17.2 Å². The van der Waals surface area contributed by atoms with Crippen LogP contribution in [0.1, 0.15) is 92.3 Å². The molecule has 0 aliphatic rings. The van der Waals surface area contributed by atoms with Gasteiger partial charge in [0.1, 0.15) is 17.7 Å². The molecule has 0 aromatic heterocycles. The molecule has 206 valence electrons. The predicted octanol–water partition coefficient (Wildman–Crippen LogP) is 4.07. The van der Waals surface area contributed by atoms with E-state index in [0.717, 1.165) is 5.56 Å². The molecule has 0 spiro atoms. The van der Waals surface area contributed by atoms with E-state index in [0.29, 0.717) is 5.56 Å². The summed E-state index contributed by atoms with van der Waals surface area (Å²) in [7, 11) is 0. The molecule has 0 aliphatic carbocycles. The molecule has 0 bridgehead atoms. The number of nitrogens with two attached hydrogens (primary N) is 1. The maximum atomic E-state index is 14.1. The number of carbonyl (C=O) groups is 4. The van der Waals surface area contributed by atoms with Gasteiger partial charge in [-0.05, 0) is 85.9 Å². The Kier molecular flexibility index (Phi) is 10.5. The van der Waals surface area contributed by atoms with E-state index in [-0.39, 0.29) is 18.7 Å². The Hall–Kier alpha value is -3.36. The number of amides is 4. The van der Waals surface area contributed by atoms with E-state index in [1.807, 2.05) is 26.8 Å². The second-order valence-corrected chi connectivity index (χ2v) is 12.1. The Morgan fingerprint density at radius 1 is 1.05 bits per heavy atom. The van der Waals surface area contributed by atoms with Gasteiger partial charge in [-0.3, -0.25) is 14.4 Å². The number of alkyl carbamates (subject to hydrolysis) is 1. The number of rotatable bonds is 9. The second kappa shape index (κ2) is 12.3. The molecule has 0 saturated carbocycles. The third-order valence-corrected chi connectivity index (χ3v) is 5.10. The van der Waals surface area contributed by atoms with Gasteiger partial charge in [0, 0.05) is 17.5 Å². The summed E-state index contributed by atoms with van der Waals surface area (Å²) >= 11 is 0. The summed E-state index contributed by atoms with van der Waals surface area (Å²) in [5.74, 6) is -1.55. The van der Waals surface area contributed by atoms with Crippen LogP contribution in [0.4, 0.5) is 4.79 Å². The fourth-order valence-electron chi connectivity index (χ4n) is 3.72. The minimum absolute atomic E-state index is 0.0553. The van der Waals surface area contributed by atoms with Crippen molar-refractivity contribution < 1.29 is 23.9 Å². The van der Waals surface area contributed by atoms with Gasteiger partial charge in [-0.25, -0.2) is 4.79 Å². The normalized spacial score (nSPS) is 13.6. The van der Waals surface area contributed by atoms with Gasteiger partial charge in [-0.2, -0.15) is 0 Å². The summed E-state index contributed by atoms with van der Waals surface area (Å²) < 4.78 is 5.35. The van der Waals surface area contributed by atoms with Crippen LogP contribution in [-0.2, 0) is 19.1 Å². The van der Waals surface area contributed by atoms with Gasteiger partial charge < -0.3 is 26.0 Å². The largest absolute Gasteiger partial charge is 0.444 e. The topological polar surface area (TPSA) is 131 Å². The van der Waals surface area contributed by atoms with Crippen molar-refractivity contribution in [2.24, 2.45) is 5.73 Å². The molecular weight excluding hydrogens is 472 g/mol. The van der Waals surface area contributed by atoms with E-state index in [1.54, 1.807) is 65.8 Å². The minimum atomic E-state index is -1.16. The standard InChI is InChI=1S/C28H44N4O5/c1-11-18-13-12-14-19(17-18)22(23(34)31-26(2,3)4)32(27(5,6)7)24(35)20(15-16-21(29)33)30-25(36)37-28(8,9)10/h11-14,17,20,22H,1,15-16H2,2-10H3,(H2,29,33)(H,30,36)(H,31,34). The van der Waals surface area contributed by atoms with Crippen molar-refractivity contribution in [3.8, 4) is 0 Å². The molecule has 0 radical (unpaired) electrons. The number of benzene rings is 1. The molecule has 9 nitrogen and oxygen atoms in total. The average Bonchev–Trinajstić information content (AvgIpc) is 2.70. The Bertz CT molecular complexity index is 999. The molecule has 2 unspecified atom stereocenters. The van der Waals surface area contributed by atoms with Gasteiger partial charge in [0.15, 0.2) is 0 Å². The van der Waals surface area contributed by atoms with Gasteiger partial charge in [0.05, 0.1) is 0 Å². The van der Waals surface area contributed by atoms with Crippen LogP contribution in [0.25, 0.3) is 6.08 Å². The van der Waals surface area contributed by atoms with Crippen molar-refractivity contribution in [2.75, 3.05) is 0 Å². The van der Waals surface area contributed by atoms with Gasteiger partial charge in [0.2, 0.25) is 17.7 Å². The smallest absolute Gasteiger partial charge is 0.408 e. The molecule has 0 heterocycles. The minimum Gasteiger partial charge on any atom is -0.444 e. The lowest BCUT2D eigenvalue weighted by Crippen LogP contribution is -2.59. The molecule has 4 N–H and O–H groups in total. The van der Waals surface area contributed by atoms with Crippen LogP contribution in [-0.4, -0.2) is 51.4 Å². The number of hydrogen-bond acceptors (Lipinski definition) is 5. The molecule has 9 heteroatoms. The summed E-state index contributed by atoms with van der Waals surface area (Å²) in [4.78, 5) is 53.5.